The maximum Gasteiger partial charge on any atom is 0.290 e. The average molecular weight is 399 g/mol. The van der Waals surface area contributed by atoms with E-state index in [1.165, 1.54) is 17.4 Å². The minimum Gasteiger partial charge on any atom is -0.486 e. The molecule has 1 aromatic carbocycles. The third-order valence-corrected chi connectivity index (χ3v) is 5.76. The van der Waals surface area contributed by atoms with Crippen molar-refractivity contribution < 1.29 is 13.9 Å². The lowest BCUT2D eigenvalue weighted by Gasteiger charge is -2.27. The van der Waals surface area contributed by atoms with Gasteiger partial charge in [0.1, 0.15) is 17.4 Å². The molecular formula is C22H26N2O3S. The standard InChI is InChI=1S/C22H26N2O3S/c1-5-17(4)24(22(25)20-7-6-10-26-20)12-18-14-28-21(23-18)13-27-19-9-8-15(2)16(3)11-19/h6-11,14,17H,5,12-13H2,1-4H3/t17-/m0/s1. The van der Waals surface area contributed by atoms with Crippen LogP contribution < -0.4 is 4.74 Å². The highest BCUT2D eigenvalue weighted by Gasteiger charge is 2.23. The summed E-state index contributed by atoms with van der Waals surface area (Å²) in [6.45, 7) is 9.13. The summed E-state index contributed by atoms with van der Waals surface area (Å²) in [5, 5.41) is 2.88. The Bertz CT molecular complexity index is 918. The third-order valence-electron chi connectivity index (χ3n) is 4.89. The van der Waals surface area contributed by atoms with Gasteiger partial charge >= 0.3 is 0 Å². The molecule has 1 atom stereocenters. The van der Waals surface area contributed by atoms with E-state index in [4.69, 9.17) is 9.15 Å². The first-order chi connectivity index (χ1) is 13.5. The predicted octanol–water partition coefficient (Wildman–Crippen LogP) is 5.37. The van der Waals surface area contributed by atoms with Crippen molar-refractivity contribution in [3.8, 4) is 5.75 Å². The number of amides is 1. The van der Waals surface area contributed by atoms with Crippen LogP contribution in [0.1, 0.15) is 52.7 Å². The molecular weight excluding hydrogens is 372 g/mol. The molecule has 0 saturated carbocycles. The van der Waals surface area contributed by atoms with E-state index in [0.29, 0.717) is 18.9 Å². The predicted molar refractivity (Wildman–Crippen MR) is 111 cm³/mol. The maximum atomic E-state index is 12.8. The number of hydrogen-bond donors (Lipinski definition) is 0. The number of carbonyl (C=O) groups is 1. The van der Waals surface area contributed by atoms with Gasteiger partial charge in [0.2, 0.25) is 0 Å². The molecule has 0 bridgehead atoms. The largest absolute Gasteiger partial charge is 0.486 e. The van der Waals surface area contributed by atoms with Gasteiger partial charge in [-0.2, -0.15) is 0 Å². The number of hydrogen-bond acceptors (Lipinski definition) is 5. The second kappa shape index (κ2) is 9.06. The van der Waals surface area contributed by atoms with E-state index < -0.39 is 0 Å². The van der Waals surface area contributed by atoms with Crippen molar-refractivity contribution in [3.63, 3.8) is 0 Å². The van der Waals surface area contributed by atoms with Crippen LogP contribution in [0.4, 0.5) is 0 Å². The highest BCUT2D eigenvalue weighted by Crippen LogP contribution is 2.21. The van der Waals surface area contributed by atoms with Gasteiger partial charge < -0.3 is 14.1 Å². The van der Waals surface area contributed by atoms with E-state index in [9.17, 15) is 4.79 Å². The molecule has 28 heavy (non-hydrogen) atoms. The zero-order chi connectivity index (χ0) is 20.1. The lowest BCUT2D eigenvalue weighted by molar-refractivity contribution is 0.0636. The quantitative estimate of drug-likeness (QED) is 0.512. The van der Waals surface area contributed by atoms with Crippen LogP contribution in [0.2, 0.25) is 0 Å². The van der Waals surface area contributed by atoms with Crippen LogP contribution in [0.15, 0.2) is 46.4 Å². The summed E-state index contributed by atoms with van der Waals surface area (Å²) in [6, 6.07) is 9.59. The molecule has 3 rings (SSSR count). The molecule has 148 valence electrons. The van der Waals surface area contributed by atoms with E-state index in [-0.39, 0.29) is 11.9 Å². The second-order valence-electron chi connectivity index (χ2n) is 6.93. The Balaban J connectivity index is 1.65. The summed E-state index contributed by atoms with van der Waals surface area (Å²) in [7, 11) is 0. The van der Waals surface area contributed by atoms with E-state index in [1.54, 1.807) is 23.5 Å². The molecule has 2 aromatic heterocycles. The SMILES string of the molecule is CC[C@H](C)N(Cc1csc(COc2ccc(C)c(C)c2)n1)C(=O)c1ccco1. The van der Waals surface area contributed by atoms with Crippen LogP contribution >= 0.6 is 11.3 Å². The van der Waals surface area contributed by atoms with Crippen LogP contribution in [-0.4, -0.2) is 21.8 Å². The summed E-state index contributed by atoms with van der Waals surface area (Å²) >= 11 is 1.55. The van der Waals surface area contributed by atoms with Crippen LogP contribution in [0.25, 0.3) is 0 Å². The number of ether oxygens (including phenoxy) is 1. The minimum atomic E-state index is -0.111. The Hall–Kier alpha value is -2.60. The summed E-state index contributed by atoms with van der Waals surface area (Å²) in [5.74, 6) is 1.09. The number of benzene rings is 1. The highest BCUT2D eigenvalue weighted by atomic mass is 32.1. The van der Waals surface area contributed by atoms with Crippen molar-refractivity contribution in [3.05, 3.63) is 69.6 Å². The Morgan fingerprint density at radius 2 is 2.11 bits per heavy atom. The molecule has 0 fully saturated rings. The first kappa shape index (κ1) is 20.1. The number of aromatic nitrogens is 1. The molecule has 0 saturated heterocycles. The summed E-state index contributed by atoms with van der Waals surface area (Å²) in [4.78, 5) is 19.2. The van der Waals surface area contributed by atoms with Crippen molar-refractivity contribution in [2.45, 2.75) is 53.3 Å². The molecule has 0 spiro atoms. The molecule has 0 N–H and O–H groups in total. The first-order valence-corrected chi connectivity index (χ1v) is 10.3. The number of aryl methyl sites for hydroxylation is 2. The van der Waals surface area contributed by atoms with Gasteiger partial charge in [-0.1, -0.05) is 13.0 Å². The molecule has 0 aliphatic carbocycles. The van der Waals surface area contributed by atoms with Gasteiger partial charge in [-0.25, -0.2) is 4.98 Å². The van der Waals surface area contributed by atoms with Gasteiger partial charge in [0, 0.05) is 11.4 Å². The van der Waals surface area contributed by atoms with Gasteiger partial charge in [0.25, 0.3) is 5.91 Å². The highest BCUT2D eigenvalue weighted by molar-refractivity contribution is 7.09. The zero-order valence-electron chi connectivity index (χ0n) is 16.8. The van der Waals surface area contributed by atoms with Crippen LogP contribution in [0.3, 0.4) is 0 Å². The van der Waals surface area contributed by atoms with Crippen LogP contribution in [0.5, 0.6) is 5.75 Å². The molecule has 0 unspecified atom stereocenters. The molecule has 0 radical (unpaired) electrons. The first-order valence-electron chi connectivity index (χ1n) is 9.45. The van der Waals surface area contributed by atoms with Crippen molar-refractivity contribution in [2.24, 2.45) is 0 Å². The summed E-state index contributed by atoms with van der Waals surface area (Å²) < 4.78 is 11.2. The van der Waals surface area contributed by atoms with Crippen molar-refractivity contribution >= 4 is 17.2 Å². The van der Waals surface area contributed by atoms with Crippen LogP contribution in [0, 0.1) is 13.8 Å². The average Bonchev–Trinajstić information content (AvgIpc) is 3.38. The van der Waals surface area contributed by atoms with E-state index in [0.717, 1.165) is 22.9 Å². The van der Waals surface area contributed by atoms with Gasteiger partial charge in [0.15, 0.2) is 5.76 Å². The Morgan fingerprint density at radius 1 is 1.29 bits per heavy atom. The fourth-order valence-electron chi connectivity index (χ4n) is 2.80. The molecule has 3 aromatic rings. The van der Waals surface area contributed by atoms with Crippen molar-refractivity contribution in [2.75, 3.05) is 0 Å². The number of carbonyl (C=O) groups excluding carboxylic acids is 1. The second-order valence-corrected chi connectivity index (χ2v) is 7.88. The van der Waals surface area contributed by atoms with E-state index in [1.807, 2.05) is 29.3 Å². The third kappa shape index (κ3) is 4.81. The van der Waals surface area contributed by atoms with Gasteiger partial charge in [-0.3, -0.25) is 4.79 Å². The molecule has 0 aliphatic rings. The lowest BCUT2D eigenvalue weighted by atomic mass is 10.1. The van der Waals surface area contributed by atoms with Crippen LogP contribution in [-0.2, 0) is 13.2 Å². The topological polar surface area (TPSA) is 55.6 Å². The van der Waals surface area contributed by atoms with Gasteiger partial charge in [-0.05, 0) is 62.6 Å². The molecule has 5 nitrogen and oxygen atoms in total. The fourth-order valence-corrected chi connectivity index (χ4v) is 3.50. The molecule has 1 amide bonds. The monoisotopic (exact) mass is 398 g/mol. The lowest BCUT2D eigenvalue weighted by Crippen LogP contribution is -2.37. The smallest absolute Gasteiger partial charge is 0.290 e. The Labute approximate surface area is 170 Å². The van der Waals surface area contributed by atoms with Crippen molar-refractivity contribution in [1.82, 2.24) is 9.88 Å². The van der Waals surface area contributed by atoms with Gasteiger partial charge in [0.05, 0.1) is 18.5 Å². The maximum absolute atomic E-state index is 12.8. The normalized spacial score (nSPS) is 12.0. The number of thiazole rings is 1. The van der Waals surface area contributed by atoms with Crippen molar-refractivity contribution in [1.29, 1.82) is 0 Å². The number of furan rings is 1. The molecule has 2 heterocycles. The molecule has 6 heteroatoms. The summed E-state index contributed by atoms with van der Waals surface area (Å²) in [5.41, 5.74) is 3.32. The summed E-state index contributed by atoms with van der Waals surface area (Å²) in [6.07, 6.45) is 2.38. The van der Waals surface area contributed by atoms with E-state index in [2.05, 4.69) is 31.8 Å². The molecule has 0 aliphatic heterocycles. The number of nitrogens with zero attached hydrogens (tertiary/aromatic N) is 2. The number of rotatable bonds is 8. The Morgan fingerprint density at radius 3 is 2.79 bits per heavy atom. The minimum absolute atomic E-state index is 0.0922. The zero-order valence-corrected chi connectivity index (χ0v) is 17.6. The van der Waals surface area contributed by atoms with E-state index >= 15 is 0 Å². The fraction of sp³-hybridized carbons (Fsp3) is 0.364. The van der Waals surface area contributed by atoms with Gasteiger partial charge in [-0.15, -0.1) is 11.3 Å². The Kier molecular flexibility index (Phi) is 6.52.